The number of methoxy groups -OCH3 is 1. The molecule has 0 saturated carbocycles. The molecule has 0 bridgehead atoms. The van der Waals surface area contributed by atoms with E-state index in [9.17, 15) is 4.39 Å². The highest BCUT2D eigenvalue weighted by molar-refractivity contribution is 5.88. The second kappa shape index (κ2) is 6.24. The van der Waals surface area contributed by atoms with E-state index in [1.54, 1.807) is 19.2 Å². The fourth-order valence-corrected chi connectivity index (χ4v) is 3.35. The molecule has 1 fully saturated rings. The van der Waals surface area contributed by atoms with Crippen LogP contribution in [0.15, 0.2) is 42.6 Å². The number of halogens is 1. The van der Waals surface area contributed by atoms with E-state index in [-0.39, 0.29) is 5.82 Å². The third-order valence-electron chi connectivity index (χ3n) is 4.62. The summed E-state index contributed by atoms with van der Waals surface area (Å²) in [6.45, 7) is 1.52. The lowest BCUT2D eigenvalue weighted by atomic mass is 10.0. The zero-order valence-corrected chi connectivity index (χ0v) is 13.5. The second-order valence-electron chi connectivity index (χ2n) is 6.02. The van der Waals surface area contributed by atoms with Crippen LogP contribution in [0.2, 0.25) is 0 Å². The fourth-order valence-electron chi connectivity index (χ4n) is 3.35. The summed E-state index contributed by atoms with van der Waals surface area (Å²) in [6.07, 6.45) is 3.75. The Bertz CT molecular complexity index is 869. The lowest BCUT2D eigenvalue weighted by molar-refractivity contribution is 0.0675. The maximum atomic E-state index is 14.2. The van der Waals surface area contributed by atoms with Crippen LogP contribution in [0.5, 0.6) is 5.75 Å². The van der Waals surface area contributed by atoms with Crippen LogP contribution in [0, 0.1) is 5.82 Å². The molecular formula is C19H19FN2O2. The van der Waals surface area contributed by atoms with Crippen molar-refractivity contribution in [3.63, 3.8) is 0 Å². The average molecular weight is 326 g/mol. The van der Waals surface area contributed by atoms with Crippen LogP contribution < -0.4 is 4.74 Å². The van der Waals surface area contributed by atoms with Gasteiger partial charge in [0, 0.05) is 35.8 Å². The Morgan fingerprint density at radius 3 is 2.71 bits per heavy atom. The topological polar surface area (TPSA) is 36.3 Å². The quantitative estimate of drug-likeness (QED) is 0.723. The molecule has 5 heteroatoms. The van der Waals surface area contributed by atoms with Gasteiger partial charge in [-0.3, -0.25) is 4.68 Å². The molecule has 1 aliphatic heterocycles. The molecule has 0 spiro atoms. The lowest BCUT2D eigenvalue weighted by Gasteiger charge is -2.23. The minimum atomic E-state index is -0.257. The summed E-state index contributed by atoms with van der Waals surface area (Å²) in [5.41, 5.74) is 2.29. The molecule has 3 aromatic rings. The highest BCUT2D eigenvalue weighted by Gasteiger charge is 2.20. The molecule has 0 unspecified atom stereocenters. The van der Waals surface area contributed by atoms with Gasteiger partial charge in [0.25, 0.3) is 0 Å². The maximum absolute atomic E-state index is 14.2. The smallest absolute Gasteiger partial charge is 0.131 e. The molecule has 124 valence electrons. The molecule has 4 rings (SSSR count). The summed E-state index contributed by atoms with van der Waals surface area (Å²) < 4.78 is 27.2. The number of hydrogen-bond donors (Lipinski definition) is 0. The van der Waals surface area contributed by atoms with E-state index in [1.165, 1.54) is 6.07 Å². The lowest BCUT2D eigenvalue weighted by Crippen LogP contribution is -2.20. The molecule has 1 aliphatic rings. The predicted molar refractivity (Wildman–Crippen MR) is 90.8 cm³/mol. The summed E-state index contributed by atoms with van der Waals surface area (Å²) in [6, 6.07) is 11.0. The number of rotatable bonds is 3. The van der Waals surface area contributed by atoms with E-state index >= 15 is 0 Å². The first-order valence-electron chi connectivity index (χ1n) is 8.16. The van der Waals surface area contributed by atoms with Gasteiger partial charge in [0.2, 0.25) is 0 Å². The first-order chi connectivity index (χ1) is 11.8. The van der Waals surface area contributed by atoms with Crippen LogP contribution in [0.1, 0.15) is 18.9 Å². The van der Waals surface area contributed by atoms with Gasteiger partial charge in [-0.2, -0.15) is 5.10 Å². The number of fused-ring (bicyclic) bond motifs is 1. The third-order valence-corrected chi connectivity index (χ3v) is 4.62. The van der Waals surface area contributed by atoms with Crippen molar-refractivity contribution >= 4 is 10.9 Å². The minimum absolute atomic E-state index is 0.257. The average Bonchev–Trinajstić information content (AvgIpc) is 3.04. The minimum Gasteiger partial charge on any atom is -0.496 e. The van der Waals surface area contributed by atoms with Crippen LogP contribution in [-0.2, 0) is 4.74 Å². The highest BCUT2D eigenvalue weighted by atomic mass is 19.1. The van der Waals surface area contributed by atoms with Crippen LogP contribution in [-0.4, -0.2) is 30.1 Å². The Labute approximate surface area is 139 Å². The monoisotopic (exact) mass is 326 g/mol. The first-order valence-corrected chi connectivity index (χ1v) is 8.16. The van der Waals surface area contributed by atoms with Gasteiger partial charge in [-0.25, -0.2) is 4.39 Å². The van der Waals surface area contributed by atoms with Crippen molar-refractivity contribution in [3.8, 4) is 16.9 Å². The van der Waals surface area contributed by atoms with Crippen LogP contribution in [0.4, 0.5) is 4.39 Å². The summed E-state index contributed by atoms with van der Waals surface area (Å²) in [4.78, 5) is 0. The SMILES string of the molecule is COc1cc2c(cnn2C2CCOCC2)cc1-c1ccccc1F. The molecule has 2 heterocycles. The van der Waals surface area contributed by atoms with Crippen LogP contribution >= 0.6 is 0 Å². The van der Waals surface area contributed by atoms with Crippen molar-refractivity contribution in [1.82, 2.24) is 9.78 Å². The van der Waals surface area contributed by atoms with Crippen molar-refractivity contribution in [1.29, 1.82) is 0 Å². The Kier molecular flexibility index (Phi) is 3.94. The molecule has 0 aliphatic carbocycles. The van der Waals surface area contributed by atoms with Gasteiger partial charge in [0.1, 0.15) is 11.6 Å². The highest BCUT2D eigenvalue weighted by Crippen LogP contribution is 2.36. The first kappa shape index (κ1) is 15.1. The normalized spacial score (nSPS) is 15.8. The molecule has 1 saturated heterocycles. The number of aromatic nitrogens is 2. The largest absolute Gasteiger partial charge is 0.496 e. The van der Waals surface area contributed by atoms with Gasteiger partial charge in [0.05, 0.1) is 24.9 Å². The summed E-state index contributed by atoms with van der Waals surface area (Å²) in [7, 11) is 1.61. The van der Waals surface area contributed by atoms with Gasteiger partial charge < -0.3 is 9.47 Å². The number of benzene rings is 2. The molecule has 1 aromatic heterocycles. The second-order valence-corrected chi connectivity index (χ2v) is 6.02. The Morgan fingerprint density at radius 1 is 1.17 bits per heavy atom. The summed E-state index contributed by atoms with van der Waals surface area (Å²) in [5, 5.41) is 5.55. The molecule has 0 atom stereocenters. The number of nitrogens with zero attached hydrogens (tertiary/aromatic N) is 2. The molecule has 0 radical (unpaired) electrons. The molecule has 4 nitrogen and oxygen atoms in total. The van der Waals surface area contributed by atoms with Gasteiger partial charge in [0.15, 0.2) is 0 Å². The van der Waals surface area contributed by atoms with Crippen molar-refractivity contribution in [2.75, 3.05) is 20.3 Å². The van der Waals surface area contributed by atoms with E-state index < -0.39 is 0 Å². The van der Waals surface area contributed by atoms with Crippen LogP contribution in [0.3, 0.4) is 0 Å². The molecule has 2 aromatic carbocycles. The Balaban J connectivity index is 1.85. The zero-order valence-electron chi connectivity index (χ0n) is 13.5. The fraction of sp³-hybridized carbons (Fsp3) is 0.316. The number of ether oxygens (including phenoxy) is 2. The van der Waals surface area contributed by atoms with E-state index in [2.05, 4.69) is 5.10 Å². The van der Waals surface area contributed by atoms with Crippen molar-refractivity contribution in [3.05, 3.63) is 48.4 Å². The van der Waals surface area contributed by atoms with Crippen molar-refractivity contribution < 1.29 is 13.9 Å². The van der Waals surface area contributed by atoms with Gasteiger partial charge in [-0.1, -0.05) is 18.2 Å². The molecule has 0 N–H and O–H groups in total. The van der Waals surface area contributed by atoms with Crippen molar-refractivity contribution in [2.24, 2.45) is 0 Å². The summed E-state index contributed by atoms with van der Waals surface area (Å²) >= 11 is 0. The van der Waals surface area contributed by atoms with Gasteiger partial charge >= 0.3 is 0 Å². The Morgan fingerprint density at radius 2 is 1.96 bits per heavy atom. The standard InChI is InChI=1S/C19H19FN2O2/c1-23-19-11-18-13(10-16(19)15-4-2-3-5-17(15)20)12-21-22(18)14-6-8-24-9-7-14/h2-5,10-12,14H,6-9H2,1H3. The molecule has 24 heavy (non-hydrogen) atoms. The zero-order chi connectivity index (χ0) is 16.5. The third kappa shape index (κ3) is 2.55. The maximum Gasteiger partial charge on any atom is 0.131 e. The Hall–Kier alpha value is -2.40. The van der Waals surface area contributed by atoms with E-state index in [0.717, 1.165) is 42.5 Å². The van der Waals surface area contributed by atoms with E-state index in [4.69, 9.17) is 9.47 Å². The van der Waals surface area contributed by atoms with E-state index in [1.807, 2.05) is 29.1 Å². The summed E-state index contributed by atoms with van der Waals surface area (Å²) in [5.74, 6) is 0.397. The van der Waals surface area contributed by atoms with Crippen molar-refractivity contribution in [2.45, 2.75) is 18.9 Å². The molecule has 0 amide bonds. The molecular weight excluding hydrogens is 307 g/mol. The van der Waals surface area contributed by atoms with E-state index in [0.29, 0.717) is 17.4 Å². The predicted octanol–water partition coefficient (Wildman–Crippen LogP) is 4.20. The van der Waals surface area contributed by atoms with Gasteiger partial charge in [-0.15, -0.1) is 0 Å². The van der Waals surface area contributed by atoms with Crippen LogP contribution in [0.25, 0.3) is 22.0 Å². The number of hydrogen-bond acceptors (Lipinski definition) is 3. The van der Waals surface area contributed by atoms with Gasteiger partial charge in [-0.05, 0) is 25.0 Å².